The van der Waals surface area contributed by atoms with E-state index in [1.807, 2.05) is 0 Å². The fourth-order valence-electron chi connectivity index (χ4n) is 1.82. The normalized spacial score (nSPS) is 12.9. The lowest BCUT2D eigenvalue weighted by Crippen LogP contribution is -2.28. The highest BCUT2D eigenvalue weighted by molar-refractivity contribution is 7.88. The van der Waals surface area contributed by atoms with Gasteiger partial charge in [-0.3, -0.25) is 4.98 Å². The van der Waals surface area contributed by atoms with Crippen molar-refractivity contribution in [2.75, 3.05) is 0 Å². The molecule has 0 bridgehead atoms. The van der Waals surface area contributed by atoms with Crippen LogP contribution >= 0.6 is 0 Å². The largest absolute Gasteiger partial charge is 0.534 e. The number of hydrogen-bond donors (Lipinski definition) is 0. The van der Waals surface area contributed by atoms with E-state index in [0.717, 1.165) is 6.07 Å². The van der Waals surface area contributed by atoms with E-state index in [2.05, 4.69) is 9.17 Å². The zero-order valence-electron chi connectivity index (χ0n) is 10.1. The van der Waals surface area contributed by atoms with Gasteiger partial charge in [-0.25, -0.2) is 0 Å². The zero-order chi connectivity index (χ0) is 15.3. The van der Waals surface area contributed by atoms with Crippen molar-refractivity contribution in [3.63, 3.8) is 0 Å². The standard InChI is InChI=1S/C12H6F3NO4S/c13-12(14,15)21(17,18)20-9-4-1-3-7-10-8(19-11(7)9)5-2-6-16-10/h1-6H. The number of halogens is 3. The van der Waals surface area contributed by atoms with Crippen molar-refractivity contribution < 1.29 is 30.2 Å². The van der Waals surface area contributed by atoms with Crippen LogP contribution in [0.4, 0.5) is 13.2 Å². The highest BCUT2D eigenvalue weighted by atomic mass is 32.2. The van der Waals surface area contributed by atoms with Crippen molar-refractivity contribution in [2.45, 2.75) is 5.51 Å². The lowest BCUT2D eigenvalue weighted by molar-refractivity contribution is -0.0499. The van der Waals surface area contributed by atoms with Gasteiger partial charge < -0.3 is 8.60 Å². The molecule has 0 N–H and O–H groups in total. The van der Waals surface area contributed by atoms with Crippen LogP contribution in [0.25, 0.3) is 22.1 Å². The second kappa shape index (κ2) is 4.35. The van der Waals surface area contributed by atoms with Gasteiger partial charge in [-0.2, -0.15) is 21.6 Å². The maximum absolute atomic E-state index is 12.4. The second-order valence-corrected chi connectivity index (χ2v) is 5.61. The third-order valence-electron chi connectivity index (χ3n) is 2.70. The number of nitrogens with zero attached hydrogens (tertiary/aromatic N) is 1. The highest BCUT2D eigenvalue weighted by Gasteiger charge is 2.48. The molecule has 3 rings (SSSR count). The number of hydrogen-bond acceptors (Lipinski definition) is 5. The molecule has 0 aliphatic heterocycles. The Bertz CT molecular complexity index is 930. The third kappa shape index (κ3) is 2.19. The molecule has 2 aromatic heterocycles. The van der Waals surface area contributed by atoms with Gasteiger partial charge in [-0.1, -0.05) is 6.07 Å². The summed E-state index contributed by atoms with van der Waals surface area (Å²) in [6.45, 7) is 0. The summed E-state index contributed by atoms with van der Waals surface area (Å²) in [6.07, 6.45) is 1.48. The Morgan fingerprint density at radius 1 is 1.14 bits per heavy atom. The highest BCUT2D eigenvalue weighted by Crippen LogP contribution is 2.36. The molecule has 5 nitrogen and oxygen atoms in total. The number of benzene rings is 1. The van der Waals surface area contributed by atoms with E-state index in [0.29, 0.717) is 16.5 Å². The van der Waals surface area contributed by atoms with Gasteiger partial charge in [-0.05, 0) is 24.3 Å². The van der Waals surface area contributed by atoms with Crippen molar-refractivity contribution >= 4 is 32.2 Å². The van der Waals surface area contributed by atoms with Crippen LogP contribution in [0.1, 0.15) is 0 Å². The minimum atomic E-state index is -5.76. The molecule has 0 amide bonds. The maximum Gasteiger partial charge on any atom is 0.534 e. The lowest BCUT2D eigenvalue weighted by Gasteiger charge is -2.09. The van der Waals surface area contributed by atoms with Gasteiger partial charge in [-0.15, -0.1) is 0 Å². The van der Waals surface area contributed by atoms with Gasteiger partial charge >= 0.3 is 15.6 Å². The Kier molecular flexibility index (Phi) is 2.84. The first-order valence-electron chi connectivity index (χ1n) is 5.56. The number of para-hydroxylation sites is 1. The molecule has 3 aromatic rings. The molecule has 110 valence electrons. The predicted molar refractivity (Wildman–Crippen MR) is 67.1 cm³/mol. The fraction of sp³-hybridized carbons (Fsp3) is 0.0833. The van der Waals surface area contributed by atoms with E-state index in [1.54, 1.807) is 18.2 Å². The van der Waals surface area contributed by atoms with Crippen molar-refractivity contribution in [3.8, 4) is 5.75 Å². The topological polar surface area (TPSA) is 69.4 Å². The van der Waals surface area contributed by atoms with E-state index < -0.39 is 21.4 Å². The summed E-state index contributed by atoms with van der Waals surface area (Å²) in [6, 6.07) is 7.12. The van der Waals surface area contributed by atoms with E-state index in [-0.39, 0.29) is 5.58 Å². The Balaban J connectivity index is 2.21. The van der Waals surface area contributed by atoms with Crippen molar-refractivity contribution in [3.05, 3.63) is 36.5 Å². The lowest BCUT2D eigenvalue weighted by atomic mass is 10.2. The molecule has 0 saturated carbocycles. The van der Waals surface area contributed by atoms with Gasteiger partial charge in [0.15, 0.2) is 16.9 Å². The first-order chi connectivity index (χ1) is 9.79. The van der Waals surface area contributed by atoms with Crippen LogP contribution in [0.5, 0.6) is 5.75 Å². The fourth-order valence-corrected chi connectivity index (χ4v) is 2.29. The molecule has 0 fully saturated rings. The summed E-state index contributed by atoms with van der Waals surface area (Å²) < 4.78 is 68.7. The Morgan fingerprint density at radius 2 is 1.90 bits per heavy atom. The van der Waals surface area contributed by atoms with Crippen LogP contribution in [0.15, 0.2) is 40.9 Å². The second-order valence-electron chi connectivity index (χ2n) is 4.07. The molecule has 0 saturated heterocycles. The molecule has 0 unspecified atom stereocenters. The van der Waals surface area contributed by atoms with Gasteiger partial charge in [0.05, 0.1) is 5.39 Å². The smallest absolute Gasteiger partial charge is 0.450 e. The van der Waals surface area contributed by atoms with Gasteiger partial charge in [0.1, 0.15) is 5.52 Å². The molecular weight excluding hydrogens is 311 g/mol. The molecule has 0 aliphatic rings. The number of pyridine rings is 1. The number of alkyl halides is 3. The van der Waals surface area contributed by atoms with Crippen molar-refractivity contribution in [1.82, 2.24) is 4.98 Å². The molecule has 0 spiro atoms. The third-order valence-corrected chi connectivity index (χ3v) is 3.67. The summed E-state index contributed by atoms with van der Waals surface area (Å²) in [5.41, 5.74) is -4.91. The van der Waals surface area contributed by atoms with Gasteiger partial charge in [0.2, 0.25) is 0 Å². The van der Waals surface area contributed by atoms with E-state index in [9.17, 15) is 21.6 Å². The first-order valence-corrected chi connectivity index (χ1v) is 6.97. The van der Waals surface area contributed by atoms with Crippen LogP contribution < -0.4 is 4.18 Å². The van der Waals surface area contributed by atoms with E-state index in [4.69, 9.17) is 4.42 Å². The van der Waals surface area contributed by atoms with Crippen LogP contribution in [0.2, 0.25) is 0 Å². The molecule has 21 heavy (non-hydrogen) atoms. The zero-order valence-corrected chi connectivity index (χ0v) is 10.9. The molecule has 0 atom stereocenters. The van der Waals surface area contributed by atoms with Crippen LogP contribution in [0, 0.1) is 0 Å². The average molecular weight is 317 g/mol. The monoisotopic (exact) mass is 317 g/mol. The summed E-state index contributed by atoms with van der Waals surface area (Å²) in [7, 11) is -5.76. The Hall–Kier alpha value is -2.29. The number of aromatic nitrogens is 1. The van der Waals surface area contributed by atoms with Crippen molar-refractivity contribution in [2.24, 2.45) is 0 Å². The quantitative estimate of drug-likeness (QED) is 0.536. The van der Waals surface area contributed by atoms with Crippen molar-refractivity contribution in [1.29, 1.82) is 0 Å². The molecular formula is C12H6F3NO4S. The molecule has 0 aliphatic carbocycles. The number of fused-ring (bicyclic) bond motifs is 3. The van der Waals surface area contributed by atoms with Gasteiger partial charge in [0, 0.05) is 6.20 Å². The summed E-state index contributed by atoms with van der Waals surface area (Å²) in [5, 5.41) is 0.362. The summed E-state index contributed by atoms with van der Waals surface area (Å²) in [5.74, 6) is -0.539. The van der Waals surface area contributed by atoms with Crippen LogP contribution in [-0.2, 0) is 10.1 Å². The summed E-state index contributed by atoms with van der Waals surface area (Å²) >= 11 is 0. The van der Waals surface area contributed by atoms with E-state index in [1.165, 1.54) is 12.3 Å². The molecule has 1 aromatic carbocycles. The van der Waals surface area contributed by atoms with Gasteiger partial charge in [0.25, 0.3) is 0 Å². The van der Waals surface area contributed by atoms with Crippen LogP contribution in [-0.4, -0.2) is 18.9 Å². The Labute approximate surface area is 116 Å². The van der Waals surface area contributed by atoms with E-state index >= 15 is 0 Å². The molecule has 0 radical (unpaired) electrons. The maximum atomic E-state index is 12.4. The SMILES string of the molecule is O=S(=O)(Oc1cccc2c1oc1cccnc12)C(F)(F)F. The summed E-state index contributed by atoms with van der Waals surface area (Å²) in [4.78, 5) is 4.03. The average Bonchev–Trinajstić information content (AvgIpc) is 2.77. The predicted octanol–water partition coefficient (Wildman–Crippen LogP) is 3.21. The molecule has 2 heterocycles. The number of furan rings is 1. The molecule has 9 heteroatoms. The van der Waals surface area contributed by atoms with Crippen LogP contribution in [0.3, 0.4) is 0 Å². The minimum Gasteiger partial charge on any atom is -0.450 e. The Morgan fingerprint density at radius 3 is 2.62 bits per heavy atom. The number of rotatable bonds is 2. The first kappa shape index (κ1) is 13.7. The minimum absolute atomic E-state index is 0.112.